The zero-order valence-corrected chi connectivity index (χ0v) is 18.3. The predicted molar refractivity (Wildman–Crippen MR) is 117 cm³/mol. The van der Waals surface area contributed by atoms with E-state index in [9.17, 15) is 4.39 Å². The normalized spacial score (nSPS) is 14.7. The van der Waals surface area contributed by atoms with Gasteiger partial charge in [-0.25, -0.2) is 9.37 Å². The van der Waals surface area contributed by atoms with E-state index in [0.29, 0.717) is 34.5 Å². The number of piperidine rings is 1. The number of benzene rings is 1. The number of ether oxygens (including phenoxy) is 1. The van der Waals surface area contributed by atoms with Crippen LogP contribution in [0.3, 0.4) is 0 Å². The number of rotatable bonds is 5. The van der Waals surface area contributed by atoms with Crippen molar-refractivity contribution in [2.75, 3.05) is 18.0 Å². The van der Waals surface area contributed by atoms with Gasteiger partial charge in [0.2, 0.25) is 5.88 Å². The number of aromatic nitrogens is 5. The minimum atomic E-state index is -0.494. The van der Waals surface area contributed by atoms with Crippen LogP contribution in [-0.2, 0) is 0 Å². The molecule has 33 heavy (non-hydrogen) atoms. The van der Waals surface area contributed by atoms with Gasteiger partial charge >= 0.3 is 6.01 Å². The zero-order chi connectivity index (χ0) is 22.9. The first-order valence-corrected chi connectivity index (χ1v) is 10.8. The van der Waals surface area contributed by atoms with E-state index in [0.717, 1.165) is 25.9 Å². The van der Waals surface area contributed by atoms with Crippen LogP contribution in [0, 0.1) is 17.1 Å². The molecule has 1 aliphatic rings. The Labute approximate surface area is 189 Å². The Morgan fingerprint density at radius 3 is 2.73 bits per heavy atom. The van der Waals surface area contributed by atoms with Gasteiger partial charge in [-0.05, 0) is 18.2 Å². The van der Waals surface area contributed by atoms with E-state index < -0.39 is 5.82 Å². The molecule has 4 aromatic rings. The molecule has 1 aromatic carbocycles. The molecule has 0 aliphatic carbocycles. The van der Waals surface area contributed by atoms with Gasteiger partial charge in [0.15, 0.2) is 11.5 Å². The molecule has 3 aromatic heterocycles. The maximum Gasteiger partial charge on any atom is 0.324 e. The molecule has 1 saturated heterocycles. The lowest BCUT2D eigenvalue weighted by Gasteiger charge is -2.30. The maximum atomic E-state index is 14.6. The van der Waals surface area contributed by atoms with Crippen molar-refractivity contribution in [3.05, 3.63) is 53.9 Å². The Balaban J connectivity index is 1.32. The molecule has 1 aliphatic heterocycles. The van der Waals surface area contributed by atoms with E-state index in [1.165, 1.54) is 6.07 Å². The summed E-state index contributed by atoms with van der Waals surface area (Å²) in [5.74, 6) is 0.967. The van der Waals surface area contributed by atoms with Gasteiger partial charge in [0.25, 0.3) is 0 Å². The van der Waals surface area contributed by atoms with Gasteiger partial charge in [0.1, 0.15) is 11.9 Å². The van der Waals surface area contributed by atoms with Crippen LogP contribution in [0.2, 0.25) is 0 Å². The van der Waals surface area contributed by atoms with Crippen LogP contribution >= 0.6 is 0 Å². The molecule has 0 amide bonds. The van der Waals surface area contributed by atoms with Crippen LogP contribution in [0.15, 0.2) is 41.2 Å². The van der Waals surface area contributed by atoms with Gasteiger partial charge in [-0.15, -0.1) is 0 Å². The van der Waals surface area contributed by atoms with Crippen molar-refractivity contribution in [3.8, 4) is 23.1 Å². The fourth-order valence-electron chi connectivity index (χ4n) is 3.88. The number of hydrogen-bond acceptors (Lipinski definition) is 8. The molecule has 9 nitrogen and oxygen atoms in total. The van der Waals surface area contributed by atoms with Crippen molar-refractivity contribution in [3.63, 3.8) is 0 Å². The molecule has 0 atom stereocenters. The number of fused-ring (bicyclic) bond motifs is 1. The van der Waals surface area contributed by atoms with Gasteiger partial charge in [-0.2, -0.15) is 19.9 Å². The van der Waals surface area contributed by atoms with Crippen LogP contribution in [0.5, 0.6) is 5.88 Å². The summed E-state index contributed by atoms with van der Waals surface area (Å²) in [7, 11) is 0. The lowest BCUT2D eigenvalue weighted by Crippen LogP contribution is -2.38. The molecule has 0 saturated carbocycles. The summed E-state index contributed by atoms with van der Waals surface area (Å²) in [5, 5.41) is 17.4. The summed E-state index contributed by atoms with van der Waals surface area (Å²) in [5.41, 5.74) is 1.62. The highest BCUT2D eigenvalue weighted by molar-refractivity contribution is 5.78. The first kappa shape index (κ1) is 20.9. The van der Waals surface area contributed by atoms with Crippen LogP contribution in [0.25, 0.3) is 16.8 Å². The molecule has 1 fully saturated rings. The molecule has 0 N–H and O–H groups in total. The molecule has 10 heteroatoms. The van der Waals surface area contributed by atoms with Crippen molar-refractivity contribution in [2.24, 2.45) is 0 Å². The summed E-state index contributed by atoms with van der Waals surface area (Å²) < 4.78 is 27.8. The standard InChI is InChI=1S/C23H22FN7O2/c1-14(2)21-28-23(33-29-21)30-9-6-16(7-10-30)32-20-5-8-26-22-18(13-27-31(20)22)17-4-3-15(12-25)11-19(17)24/h3-5,8,11,13-14,16H,6-7,9-10H2,1-2H3. The Hall–Kier alpha value is -4.00. The highest BCUT2D eigenvalue weighted by Gasteiger charge is 2.25. The van der Waals surface area contributed by atoms with Gasteiger partial charge < -0.3 is 14.2 Å². The molecule has 0 unspecified atom stereocenters. The Morgan fingerprint density at radius 1 is 1.21 bits per heavy atom. The summed E-state index contributed by atoms with van der Waals surface area (Å²) in [6.07, 6.45) is 4.73. The van der Waals surface area contributed by atoms with Crippen molar-refractivity contribution < 1.29 is 13.7 Å². The van der Waals surface area contributed by atoms with Crippen LogP contribution in [0.4, 0.5) is 10.4 Å². The van der Waals surface area contributed by atoms with Crippen LogP contribution in [-0.4, -0.2) is 43.9 Å². The fraction of sp³-hybridized carbons (Fsp3) is 0.348. The number of anilines is 1. The highest BCUT2D eigenvalue weighted by atomic mass is 19.1. The van der Waals surface area contributed by atoms with Crippen molar-refractivity contribution in [1.29, 1.82) is 5.26 Å². The van der Waals surface area contributed by atoms with E-state index in [2.05, 4.69) is 25.1 Å². The minimum Gasteiger partial charge on any atom is -0.474 e. The summed E-state index contributed by atoms with van der Waals surface area (Å²) in [6, 6.07) is 8.58. The van der Waals surface area contributed by atoms with Crippen LogP contribution in [0.1, 0.15) is 44.0 Å². The second kappa shape index (κ2) is 8.50. The van der Waals surface area contributed by atoms with Gasteiger partial charge in [0.05, 0.1) is 17.8 Å². The minimum absolute atomic E-state index is 0.0151. The third-order valence-electron chi connectivity index (χ3n) is 5.70. The predicted octanol–water partition coefficient (Wildman–Crippen LogP) is 3.96. The van der Waals surface area contributed by atoms with Gasteiger partial charge in [-0.1, -0.05) is 19.0 Å². The van der Waals surface area contributed by atoms with Gasteiger partial charge in [0, 0.05) is 55.2 Å². The smallest absolute Gasteiger partial charge is 0.324 e. The lowest BCUT2D eigenvalue weighted by molar-refractivity contribution is 0.158. The lowest BCUT2D eigenvalue weighted by atomic mass is 10.1. The highest BCUT2D eigenvalue weighted by Crippen LogP contribution is 2.29. The van der Waals surface area contributed by atoms with Crippen LogP contribution < -0.4 is 9.64 Å². The quantitative estimate of drug-likeness (QED) is 0.453. The number of halogens is 1. The third kappa shape index (κ3) is 3.98. The summed E-state index contributed by atoms with van der Waals surface area (Å²) >= 11 is 0. The SMILES string of the molecule is CC(C)c1noc(N2CCC(Oc3ccnc4c(-c5ccc(C#N)cc5F)cnn34)CC2)n1. The van der Waals surface area contributed by atoms with Crippen molar-refractivity contribution in [2.45, 2.75) is 38.7 Å². The van der Waals surface area contributed by atoms with Gasteiger partial charge in [-0.3, -0.25) is 0 Å². The third-order valence-corrected chi connectivity index (χ3v) is 5.70. The topological polar surface area (TPSA) is 105 Å². The summed E-state index contributed by atoms with van der Waals surface area (Å²) in [6.45, 7) is 5.53. The fourth-order valence-corrected chi connectivity index (χ4v) is 3.88. The Bertz CT molecular complexity index is 1330. The molecule has 0 radical (unpaired) electrons. The molecule has 0 bridgehead atoms. The van der Waals surface area contributed by atoms with Crippen molar-refractivity contribution >= 4 is 11.7 Å². The molecular weight excluding hydrogens is 425 g/mol. The number of nitrogens with zero attached hydrogens (tertiary/aromatic N) is 7. The molecule has 168 valence electrons. The first-order valence-electron chi connectivity index (χ1n) is 10.8. The van der Waals surface area contributed by atoms with E-state index >= 15 is 0 Å². The van der Waals surface area contributed by atoms with E-state index in [4.69, 9.17) is 14.5 Å². The van der Waals surface area contributed by atoms with E-state index in [1.807, 2.05) is 19.9 Å². The van der Waals surface area contributed by atoms with E-state index in [-0.39, 0.29) is 17.6 Å². The first-order chi connectivity index (χ1) is 16.0. The molecule has 5 rings (SSSR count). The Kier molecular flexibility index (Phi) is 5.38. The average molecular weight is 447 g/mol. The molecular formula is C23H22FN7O2. The molecule has 0 spiro atoms. The number of hydrogen-bond donors (Lipinski definition) is 0. The second-order valence-electron chi connectivity index (χ2n) is 8.28. The Morgan fingerprint density at radius 2 is 2.03 bits per heavy atom. The zero-order valence-electron chi connectivity index (χ0n) is 18.3. The number of nitriles is 1. The van der Waals surface area contributed by atoms with Crippen molar-refractivity contribution in [1.82, 2.24) is 24.7 Å². The average Bonchev–Trinajstić information content (AvgIpc) is 3.48. The van der Waals surface area contributed by atoms with E-state index in [1.54, 1.807) is 35.1 Å². The largest absolute Gasteiger partial charge is 0.474 e. The second-order valence-corrected chi connectivity index (χ2v) is 8.28. The maximum absolute atomic E-state index is 14.6. The summed E-state index contributed by atoms with van der Waals surface area (Å²) in [4.78, 5) is 10.9. The monoisotopic (exact) mass is 447 g/mol. The molecule has 4 heterocycles.